The normalized spacial score (nSPS) is 11.4. The maximum Gasteiger partial charge on any atom is 0.135 e. The number of benzene rings is 11. The lowest BCUT2D eigenvalue weighted by Gasteiger charge is -2.26. The van der Waals surface area contributed by atoms with Crippen molar-refractivity contribution in [3.8, 4) is 11.5 Å². The molecule has 4 heteroatoms. The lowest BCUT2D eigenvalue weighted by Crippen LogP contribution is -2.10. The number of aryl methyl sites for hydroxylation is 4. The van der Waals surface area contributed by atoms with E-state index in [9.17, 15) is 0 Å². The standard InChI is InChI=1S/C78H71N3O/c1-5-7-12-60-26-42-69(43-27-60)79(67-38-18-58(3)19-39-67)71-46-30-62(31-47-71)22-24-64-34-50-73(51-35-64)81(75-54-56-76(57-55-75)82-78-17-11-15-66-14-9-10-16-77(66)78)74-52-36-65(37-53-74)25-23-63-32-48-72(49-33-63)80(68-40-20-59(4)21-41-68)70-44-28-61(29-45-70)13-8-6-2/h9-11,14-57H,5-8,12-13H2,1-4H3/b24-22+,25-23+. The molecule has 0 saturated carbocycles. The Labute approximate surface area is 486 Å². The van der Waals surface area contributed by atoms with Gasteiger partial charge in [0.15, 0.2) is 0 Å². The smallest absolute Gasteiger partial charge is 0.135 e. The van der Waals surface area contributed by atoms with E-state index in [0.29, 0.717) is 0 Å². The largest absolute Gasteiger partial charge is 0.457 e. The maximum absolute atomic E-state index is 6.51. The molecule has 0 amide bonds. The zero-order valence-electron chi connectivity index (χ0n) is 47.6. The molecular formula is C78H71N3O. The van der Waals surface area contributed by atoms with Gasteiger partial charge in [0.2, 0.25) is 0 Å². The first kappa shape index (κ1) is 54.3. The molecule has 82 heavy (non-hydrogen) atoms. The second kappa shape index (κ2) is 26.1. The van der Waals surface area contributed by atoms with Crippen LogP contribution >= 0.6 is 0 Å². The van der Waals surface area contributed by atoms with Gasteiger partial charge in [-0.1, -0.05) is 196 Å². The van der Waals surface area contributed by atoms with Gasteiger partial charge in [-0.2, -0.15) is 0 Å². The Bertz CT molecular complexity index is 3660. The molecule has 11 aromatic rings. The minimum atomic E-state index is 0.778. The number of rotatable bonds is 21. The summed E-state index contributed by atoms with van der Waals surface area (Å²) in [7, 11) is 0. The summed E-state index contributed by atoms with van der Waals surface area (Å²) in [5, 5.41) is 2.23. The molecule has 0 aromatic heterocycles. The highest BCUT2D eigenvalue weighted by Crippen LogP contribution is 2.40. The Morgan fingerprint density at radius 1 is 0.305 bits per heavy atom. The van der Waals surface area contributed by atoms with Crippen molar-refractivity contribution in [2.45, 2.75) is 66.2 Å². The van der Waals surface area contributed by atoms with Crippen molar-refractivity contribution in [1.29, 1.82) is 0 Å². The molecule has 0 N–H and O–H groups in total. The Hall–Kier alpha value is -9.64. The van der Waals surface area contributed by atoms with Gasteiger partial charge in [0.25, 0.3) is 0 Å². The van der Waals surface area contributed by atoms with Crippen LogP contribution in [0.15, 0.2) is 261 Å². The van der Waals surface area contributed by atoms with Crippen LogP contribution in [0, 0.1) is 13.8 Å². The van der Waals surface area contributed by atoms with Crippen molar-refractivity contribution in [3.05, 3.63) is 305 Å². The van der Waals surface area contributed by atoms with Crippen molar-refractivity contribution in [2.75, 3.05) is 14.7 Å². The van der Waals surface area contributed by atoms with E-state index < -0.39 is 0 Å². The quantitative estimate of drug-likeness (QED) is 0.0668. The predicted molar refractivity (Wildman–Crippen MR) is 352 cm³/mol. The van der Waals surface area contributed by atoms with Gasteiger partial charge in [-0.3, -0.25) is 0 Å². The van der Waals surface area contributed by atoms with Crippen LogP contribution in [0.2, 0.25) is 0 Å². The Balaban J connectivity index is 0.828. The highest BCUT2D eigenvalue weighted by molar-refractivity contribution is 5.89. The Morgan fingerprint density at radius 3 is 0.939 bits per heavy atom. The second-order valence-electron chi connectivity index (χ2n) is 21.3. The van der Waals surface area contributed by atoms with Crippen LogP contribution in [-0.2, 0) is 12.8 Å². The molecule has 0 aliphatic heterocycles. The number of hydrogen-bond donors (Lipinski definition) is 0. The van der Waals surface area contributed by atoms with E-state index in [1.54, 1.807) is 0 Å². The van der Waals surface area contributed by atoms with Crippen LogP contribution in [0.4, 0.5) is 51.2 Å². The highest BCUT2D eigenvalue weighted by Gasteiger charge is 2.17. The van der Waals surface area contributed by atoms with Crippen LogP contribution in [0.25, 0.3) is 35.1 Å². The van der Waals surface area contributed by atoms with Gasteiger partial charge in [0.1, 0.15) is 11.5 Å². The van der Waals surface area contributed by atoms with E-state index in [1.165, 1.54) is 47.9 Å². The van der Waals surface area contributed by atoms with Crippen molar-refractivity contribution in [3.63, 3.8) is 0 Å². The number of fused-ring (bicyclic) bond motifs is 1. The van der Waals surface area contributed by atoms with Gasteiger partial charge < -0.3 is 19.4 Å². The molecule has 0 spiro atoms. The molecule has 11 rings (SSSR count). The maximum atomic E-state index is 6.51. The van der Waals surface area contributed by atoms with E-state index in [4.69, 9.17) is 4.74 Å². The van der Waals surface area contributed by atoms with E-state index in [2.05, 4.69) is 315 Å². The third kappa shape index (κ3) is 13.3. The first-order chi connectivity index (χ1) is 40.3. The highest BCUT2D eigenvalue weighted by atomic mass is 16.5. The molecule has 0 bridgehead atoms. The van der Waals surface area contributed by atoms with E-state index in [1.807, 2.05) is 12.1 Å². The average Bonchev–Trinajstić information content (AvgIpc) is 3.56. The summed E-state index contributed by atoms with van der Waals surface area (Å²) in [5.41, 5.74) is 19.7. The Morgan fingerprint density at radius 2 is 0.598 bits per heavy atom. The molecule has 11 aromatic carbocycles. The first-order valence-electron chi connectivity index (χ1n) is 29.1. The summed E-state index contributed by atoms with van der Waals surface area (Å²) < 4.78 is 6.51. The lowest BCUT2D eigenvalue weighted by molar-refractivity contribution is 0.488. The minimum Gasteiger partial charge on any atom is -0.457 e. The van der Waals surface area contributed by atoms with Gasteiger partial charge >= 0.3 is 0 Å². The second-order valence-corrected chi connectivity index (χ2v) is 21.3. The minimum absolute atomic E-state index is 0.778. The van der Waals surface area contributed by atoms with Gasteiger partial charge in [-0.25, -0.2) is 0 Å². The molecule has 0 fully saturated rings. The fourth-order valence-corrected chi connectivity index (χ4v) is 10.5. The van der Waals surface area contributed by atoms with Crippen LogP contribution in [-0.4, -0.2) is 0 Å². The number of nitrogens with zero attached hydrogens (tertiary/aromatic N) is 3. The summed E-state index contributed by atoms with van der Waals surface area (Å²) in [6, 6.07) is 93.9. The monoisotopic (exact) mass is 1070 g/mol. The van der Waals surface area contributed by atoms with Gasteiger partial charge in [0.05, 0.1) is 0 Å². The predicted octanol–water partition coefficient (Wildman–Crippen LogP) is 22.7. The van der Waals surface area contributed by atoms with Gasteiger partial charge in [-0.05, 0) is 206 Å². The van der Waals surface area contributed by atoms with Crippen molar-refractivity contribution in [2.24, 2.45) is 0 Å². The fourth-order valence-electron chi connectivity index (χ4n) is 10.5. The van der Waals surface area contributed by atoms with E-state index >= 15 is 0 Å². The zero-order chi connectivity index (χ0) is 56.0. The van der Waals surface area contributed by atoms with Gasteiger partial charge in [-0.15, -0.1) is 0 Å². The van der Waals surface area contributed by atoms with E-state index in [0.717, 1.165) is 109 Å². The topological polar surface area (TPSA) is 19.0 Å². The summed E-state index contributed by atoms with van der Waals surface area (Å²) >= 11 is 0. The SMILES string of the molecule is CCCCc1ccc(N(c2ccc(C)cc2)c2ccc(/C=C/c3ccc(N(c4ccc(/C=C/c5ccc(N(c6ccc(C)cc6)c6ccc(CCCC)cc6)cc5)cc4)c4ccc(Oc5cccc6ccccc56)cc4)cc3)cc2)cc1. The van der Waals surface area contributed by atoms with Crippen LogP contribution in [0.3, 0.4) is 0 Å². The van der Waals surface area contributed by atoms with Crippen molar-refractivity contribution >= 4 is 86.3 Å². The molecule has 404 valence electrons. The molecule has 4 nitrogen and oxygen atoms in total. The summed E-state index contributed by atoms with van der Waals surface area (Å²) in [4.78, 5) is 6.98. The number of unbranched alkanes of at least 4 members (excludes halogenated alkanes) is 2. The molecule has 0 atom stereocenters. The summed E-state index contributed by atoms with van der Waals surface area (Å²) in [6.07, 6.45) is 15.8. The number of ether oxygens (including phenoxy) is 1. The molecule has 0 aliphatic carbocycles. The number of anilines is 9. The van der Waals surface area contributed by atoms with Gasteiger partial charge in [0, 0.05) is 56.6 Å². The lowest BCUT2D eigenvalue weighted by atomic mass is 10.1. The first-order valence-corrected chi connectivity index (χ1v) is 29.1. The molecule has 0 aliphatic rings. The zero-order valence-corrected chi connectivity index (χ0v) is 47.6. The molecule has 0 saturated heterocycles. The molecular weight excluding hydrogens is 995 g/mol. The third-order valence-electron chi connectivity index (χ3n) is 15.2. The summed E-state index contributed by atoms with van der Waals surface area (Å²) in [6.45, 7) is 8.77. The summed E-state index contributed by atoms with van der Waals surface area (Å²) in [5.74, 6) is 1.61. The molecule has 0 heterocycles. The Kier molecular flexibility index (Phi) is 17.3. The third-order valence-corrected chi connectivity index (χ3v) is 15.2. The van der Waals surface area contributed by atoms with E-state index in [-0.39, 0.29) is 0 Å². The molecule has 0 radical (unpaired) electrons. The average molecular weight is 1070 g/mol. The van der Waals surface area contributed by atoms with Crippen LogP contribution in [0.1, 0.15) is 84.0 Å². The molecule has 0 unspecified atom stereocenters. The van der Waals surface area contributed by atoms with Crippen LogP contribution in [0.5, 0.6) is 11.5 Å². The van der Waals surface area contributed by atoms with Crippen molar-refractivity contribution in [1.82, 2.24) is 0 Å². The van der Waals surface area contributed by atoms with Crippen molar-refractivity contribution < 1.29 is 4.74 Å². The number of hydrogen-bond acceptors (Lipinski definition) is 4. The van der Waals surface area contributed by atoms with Crippen LogP contribution < -0.4 is 19.4 Å². The fraction of sp³-hybridized carbons (Fsp3) is 0.128.